The van der Waals surface area contributed by atoms with Crippen LogP contribution in [0.1, 0.15) is 28.4 Å². The molecule has 0 aliphatic carbocycles. The molecular weight excluding hydrogens is 215 g/mol. The highest BCUT2D eigenvalue weighted by molar-refractivity contribution is 5.37. The van der Waals surface area contributed by atoms with Gasteiger partial charge in [0.1, 0.15) is 11.9 Å². The molecule has 0 bridgehead atoms. The number of halogens is 1. The molecule has 0 saturated carbocycles. The van der Waals surface area contributed by atoms with Crippen LogP contribution in [0.5, 0.6) is 0 Å². The largest absolute Gasteiger partial charge is 0.384 e. The van der Waals surface area contributed by atoms with Gasteiger partial charge >= 0.3 is 0 Å². The van der Waals surface area contributed by atoms with Crippen LogP contribution >= 0.6 is 0 Å². The van der Waals surface area contributed by atoms with Crippen LogP contribution in [0.3, 0.4) is 0 Å². The Balaban J connectivity index is 2.36. The fourth-order valence-corrected chi connectivity index (χ4v) is 1.96. The van der Waals surface area contributed by atoms with E-state index in [1.54, 1.807) is 12.1 Å². The van der Waals surface area contributed by atoms with Crippen molar-refractivity contribution in [2.24, 2.45) is 0 Å². The van der Waals surface area contributed by atoms with E-state index in [4.69, 9.17) is 0 Å². The van der Waals surface area contributed by atoms with Crippen molar-refractivity contribution in [2.45, 2.75) is 20.0 Å². The van der Waals surface area contributed by atoms with Gasteiger partial charge in [-0.15, -0.1) is 0 Å². The summed E-state index contributed by atoms with van der Waals surface area (Å²) >= 11 is 0. The molecule has 0 aromatic heterocycles. The van der Waals surface area contributed by atoms with E-state index in [2.05, 4.69) is 0 Å². The Morgan fingerprint density at radius 1 is 1.00 bits per heavy atom. The van der Waals surface area contributed by atoms with Gasteiger partial charge in [0.15, 0.2) is 0 Å². The third-order valence-electron chi connectivity index (χ3n) is 2.91. The second-order valence-electron chi connectivity index (χ2n) is 4.31. The zero-order valence-electron chi connectivity index (χ0n) is 9.94. The molecule has 1 atom stereocenters. The van der Waals surface area contributed by atoms with Gasteiger partial charge in [-0.3, -0.25) is 0 Å². The third-order valence-corrected chi connectivity index (χ3v) is 2.91. The van der Waals surface area contributed by atoms with Crippen LogP contribution in [0.4, 0.5) is 4.39 Å². The maximum absolute atomic E-state index is 12.8. The first-order valence-corrected chi connectivity index (χ1v) is 5.58. The maximum atomic E-state index is 12.8. The molecule has 0 aliphatic heterocycles. The van der Waals surface area contributed by atoms with Crippen LogP contribution in [0.15, 0.2) is 42.5 Å². The Labute approximate surface area is 101 Å². The molecule has 0 fully saturated rings. The van der Waals surface area contributed by atoms with E-state index >= 15 is 0 Å². The van der Waals surface area contributed by atoms with Crippen LogP contribution < -0.4 is 0 Å². The molecule has 0 spiro atoms. The molecule has 2 aromatic rings. The van der Waals surface area contributed by atoms with Crippen molar-refractivity contribution in [1.82, 2.24) is 0 Å². The highest BCUT2D eigenvalue weighted by Gasteiger charge is 2.12. The second kappa shape index (κ2) is 4.68. The fraction of sp³-hybridized carbons (Fsp3) is 0.200. The molecule has 0 heterocycles. The Hall–Kier alpha value is -1.67. The molecular formula is C15H15FO. The molecule has 1 nitrogen and oxygen atoms in total. The Bertz CT molecular complexity index is 517. The zero-order valence-corrected chi connectivity index (χ0v) is 9.94. The molecule has 1 N–H and O–H groups in total. The first kappa shape index (κ1) is 11.8. The Morgan fingerprint density at radius 3 is 2.24 bits per heavy atom. The zero-order chi connectivity index (χ0) is 12.4. The standard InChI is InChI=1S/C15H15FO/c1-10-3-8-14(11(2)9-10)15(17)12-4-6-13(16)7-5-12/h3-9,15,17H,1-2H3/t15-/m0/s1. The first-order valence-electron chi connectivity index (χ1n) is 5.58. The van der Waals surface area contributed by atoms with Crippen LogP contribution in [-0.2, 0) is 0 Å². The molecule has 2 aromatic carbocycles. The summed E-state index contributed by atoms with van der Waals surface area (Å²) in [5.41, 5.74) is 3.78. The highest BCUT2D eigenvalue weighted by Crippen LogP contribution is 2.25. The van der Waals surface area contributed by atoms with Crippen molar-refractivity contribution in [1.29, 1.82) is 0 Å². The first-order chi connectivity index (χ1) is 8.08. The van der Waals surface area contributed by atoms with E-state index in [0.717, 1.165) is 16.7 Å². The number of hydrogen-bond acceptors (Lipinski definition) is 1. The number of aliphatic hydroxyl groups excluding tert-OH is 1. The van der Waals surface area contributed by atoms with Crippen molar-refractivity contribution >= 4 is 0 Å². The van der Waals surface area contributed by atoms with Crippen LogP contribution in [-0.4, -0.2) is 5.11 Å². The number of aliphatic hydroxyl groups is 1. The number of benzene rings is 2. The van der Waals surface area contributed by atoms with Gasteiger partial charge < -0.3 is 5.11 Å². The minimum Gasteiger partial charge on any atom is -0.384 e. The summed E-state index contributed by atoms with van der Waals surface area (Å²) in [6.07, 6.45) is -0.698. The minimum atomic E-state index is -0.698. The molecule has 0 radical (unpaired) electrons. The number of rotatable bonds is 2. The Kier molecular flexibility index (Phi) is 3.25. The van der Waals surface area contributed by atoms with E-state index in [1.165, 1.54) is 12.1 Å². The average molecular weight is 230 g/mol. The lowest BCUT2D eigenvalue weighted by atomic mass is 9.96. The SMILES string of the molecule is Cc1ccc([C@@H](O)c2ccc(F)cc2)c(C)c1. The van der Waals surface area contributed by atoms with E-state index < -0.39 is 6.10 Å². The van der Waals surface area contributed by atoms with Crippen molar-refractivity contribution in [3.05, 3.63) is 70.5 Å². The van der Waals surface area contributed by atoms with Crippen molar-refractivity contribution < 1.29 is 9.50 Å². The summed E-state index contributed by atoms with van der Waals surface area (Å²) in [4.78, 5) is 0. The molecule has 2 heteroatoms. The van der Waals surface area contributed by atoms with Crippen LogP contribution in [0, 0.1) is 19.7 Å². The number of aryl methyl sites for hydroxylation is 2. The van der Waals surface area contributed by atoms with Gasteiger partial charge in [-0.05, 0) is 42.7 Å². The molecule has 0 amide bonds. The van der Waals surface area contributed by atoms with Gasteiger partial charge in [-0.1, -0.05) is 35.9 Å². The highest BCUT2D eigenvalue weighted by atomic mass is 19.1. The van der Waals surface area contributed by atoms with E-state index in [9.17, 15) is 9.50 Å². The normalized spacial score (nSPS) is 12.5. The third kappa shape index (κ3) is 2.53. The summed E-state index contributed by atoms with van der Waals surface area (Å²) in [5, 5.41) is 10.2. The van der Waals surface area contributed by atoms with E-state index in [1.807, 2.05) is 32.0 Å². The smallest absolute Gasteiger partial charge is 0.123 e. The van der Waals surface area contributed by atoms with Crippen molar-refractivity contribution in [3.63, 3.8) is 0 Å². The lowest BCUT2D eigenvalue weighted by molar-refractivity contribution is 0.219. The molecule has 88 valence electrons. The lowest BCUT2D eigenvalue weighted by Gasteiger charge is -2.14. The maximum Gasteiger partial charge on any atom is 0.123 e. The van der Waals surface area contributed by atoms with Gasteiger partial charge in [-0.25, -0.2) is 4.39 Å². The lowest BCUT2D eigenvalue weighted by Crippen LogP contribution is -2.02. The van der Waals surface area contributed by atoms with Gasteiger partial charge in [0.05, 0.1) is 0 Å². The second-order valence-corrected chi connectivity index (χ2v) is 4.31. The van der Waals surface area contributed by atoms with Crippen LogP contribution in [0.2, 0.25) is 0 Å². The van der Waals surface area contributed by atoms with E-state index in [-0.39, 0.29) is 5.82 Å². The fourth-order valence-electron chi connectivity index (χ4n) is 1.96. The van der Waals surface area contributed by atoms with Gasteiger partial charge in [0.2, 0.25) is 0 Å². The van der Waals surface area contributed by atoms with Crippen molar-refractivity contribution in [3.8, 4) is 0 Å². The minimum absolute atomic E-state index is 0.290. The monoisotopic (exact) mass is 230 g/mol. The molecule has 2 rings (SSSR count). The average Bonchev–Trinajstić information content (AvgIpc) is 2.29. The van der Waals surface area contributed by atoms with Crippen molar-refractivity contribution in [2.75, 3.05) is 0 Å². The summed E-state index contributed by atoms with van der Waals surface area (Å²) < 4.78 is 12.8. The van der Waals surface area contributed by atoms with Gasteiger partial charge in [0, 0.05) is 0 Å². The summed E-state index contributed by atoms with van der Waals surface area (Å²) in [7, 11) is 0. The van der Waals surface area contributed by atoms with Gasteiger partial charge in [-0.2, -0.15) is 0 Å². The summed E-state index contributed by atoms with van der Waals surface area (Å²) in [6.45, 7) is 3.98. The topological polar surface area (TPSA) is 20.2 Å². The molecule has 0 saturated heterocycles. The molecule has 17 heavy (non-hydrogen) atoms. The quantitative estimate of drug-likeness (QED) is 0.836. The Morgan fingerprint density at radius 2 is 1.65 bits per heavy atom. The predicted molar refractivity (Wildman–Crippen MR) is 66.4 cm³/mol. The van der Waals surface area contributed by atoms with Crippen LogP contribution in [0.25, 0.3) is 0 Å². The predicted octanol–water partition coefficient (Wildman–Crippen LogP) is 3.52. The van der Waals surface area contributed by atoms with E-state index in [0.29, 0.717) is 5.56 Å². The molecule has 0 unspecified atom stereocenters. The molecule has 0 aliphatic rings. The summed E-state index contributed by atoms with van der Waals surface area (Å²) in [5.74, 6) is -0.290. The summed E-state index contributed by atoms with van der Waals surface area (Å²) in [6, 6.07) is 11.9. The van der Waals surface area contributed by atoms with Gasteiger partial charge in [0.25, 0.3) is 0 Å². The number of hydrogen-bond donors (Lipinski definition) is 1.